The predicted octanol–water partition coefficient (Wildman–Crippen LogP) is 3.48. The van der Waals surface area contributed by atoms with Gasteiger partial charge in [0, 0.05) is 5.41 Å². The first-order valence-electron chi connectivity index (χ1n) is 6.07. The average molecular weight is 222 g/mol. The molecule has 0 bridgehead atoms. The summed E-state index contributed by atoms with van der Waals surface area (Å²) in [5.74, 6) is 0.133. The number of hydrogen-bond donors (Lipinski definition) is 1. The second-order valence-electron chi connectivity index (χ2n) is 4.80. The maximum absolute atomic E-state index is 13.2. The van der Waals surface area contributed by atoms with Crippen molar-refractivity contribution in [2.75, 3.05) is 0 Å². The molecule has 16 heavy (non-hydrogen) atoms. The standard InChI is InChI=1S/C14H19FO/c1-3-14(4-2)12(9-13(14)16)10-6-5-7-11(15)8-10/h5-8,12-13,16H,3-4,9H2,1-2H3. The van der Waals surface area contributed by atoms with Crippen LogP contribution in [-0.2, 0) is 0 Å². The Balaban J connectivity index is 2.29. The van der Waals surface area contributed by atoms with E-state index in [0.717, 1.165) is 24.8 Å². The summed E-state index contributed by atoms with van der Waals surface area (Å²) in [5.41, 5.74) is 1.00. The van der Waals surface area contributed by atoms with Crippen LogP contribution in [0.3, 0.4) is 0 Å². The SMILES string of the molecule is CCC1(CC)C(O)CC1c1cccc(F)c1. The number of rotatable bonds is 3. The molecule has 0 heterocycles. The lowest BCUT2D eigenvalue weighted by Gasteiger charge is -2.53. The summed E-state index contributed by atoms with van der Waals surface area (Å²) >= 11 is 0. The quantitative estimate of drug-likeness (QED) is 0.830. The molecule has 2 unspecified atom stereocenters. The van der Waals surface area contributed by atoms with Crippen LogP contribution in [0, 0.1) is 11.2 Å². The number of aliphatic hydroxyl groups excluding tert-OH is 1. The molecule has 1 aromatic carbocycles. The Hall–Kier alpha value is -0.890. The van der Waals surface area contributed by atoms with Gasteiger partial charge in [-0.3, -0.25) is 0 Å². The molecule has 1 N–H and O–H groups in total. The zero-order valence-corrected chi connectivity index (χ0v) is 9.91. The van der Waals surface area contributed by atoms with Gasteiger partial charge in [-0.15, -0.1) is 0 Å². The molecule has 2 atom stereocenters. The molecule has 1 fully saturated rings. The smallest absolute Gasteiger partial charge is 0.123 e. The Kier molecular flexibility index (Phi) is 3.02. The minimum absolute atomic E-state index is 0.0339. The molecule has 2 heteroatoms. The summed E-state index contributed by atoms with van der Waals surface area (Å²) in [4.78, 5) is 0. The highest BCUT2D eigenvalue weighted by molar-refractivity contribution is 5.28. The van der Waals surface area contributed by atoms with Crippen molar-refractivity contribution >= 4 is 0 Å². The summed E-state index contributed by atoms with van der Waals surface area (Å²) < 4.78 is 13.2. The third-order valence-electron chi connectivity index (χ3n) is 4.38. The van der Waals surface area contributed by atoms with Gasteiger partial charge < -0.3 is 5.11 Å². The van der Waals surface area contributed by atoms with Crippen LogP contribution in [-0.4, -0.2) is 11.2 Å². The van der Waals surface area contributed by atoms with E-state index in [1.54, 1.807) is 12.1 Å². The van der Waals surface area contributed by atoms with Crippen LogP contribution < -0.4 is 0 Å². The van der Waals surface area contributed by atoms with Crippen molar-refractivity contribution in [2.45, 2.75) is 45.1 Å². The van der Waals surface area contributed by atoms with Crippen molar-refractivity contribution in [3.63, 3.8) is 0 Å². The molecule has 0 spiro atoms. The Bertz CT molecular complexity index is 371. The van der Waals surface area contributed by atoms with Crippen molar-refractivity contribution in [3.05, 3.63) is 35.6 Å². The molecule has 1 nitrogen and oxygen atoms in total. The fraction of sp³-hybridized carbons (Fsp3) is 0.571. The second-order valence-corrected chi connectivity index (χ2v) is 4.80. The molecule has 1 aliphatic rings. The molecule has 0 aromatic heterocycles. The van der Waals surface area contributed by atoms with Crippen LogP contribution in [0.25, 0.3) is 0 Å². The van der Waals surface area contributed by atoms with Gasteiger partial charge in [0.2, 0.25) is 0 Å². The van der Waals surface area contributed by atoms with Crippen molar-refractivity contribution in [3.8, 4) is 0 Å². The molecule has 1 aromatic rings. The van der Waals surface area contributed by atoms with Gasteiger partial charge in [0.1, 0.15) is 5.82 Å². The van der Waals surface area contributed by atoms with Gasteiger partial charge >= 0.3 is 0 Å². The maximum atomic E-state index is 13.2. The van der Waals surface area contributed by atoms with Gasteiger partial charge in [-0.2, -0.15) is 0 Å². The van der Waals surface area contributed by atoms with Gasteiger partial charge in [0.15, 0.2) is 0 Å². The third-order valence-corrected chi connectivity index (χ3v) is 4.38. The molecule has 88 valence electrons. The van der Waals surface area contributed by atoms with Crippen molar-refractivity contribution in [1.82, 2.24) is 0 Å². The highest BCUT2D eigenvalue weighted by Crippen LogP contribution is 2.57. The maximum Gasteiger partial charge on any atom is 0.123 e. The van der Waals surface area contributed by atoms with E-state index in [1.807, 2.05) is 6.07 Å². The summed E-state index contributed by atoms with van der Waals surface area (Å²) in [6.07, 6.45) is 2.44. The minimum atomic E-state index is -0.226. The molecular formula is C14H19FO. The van der Waals surface area contributed by atoms with Gasteiger partial charge in [-0.1, -0.05) is 26.0 Å². The molecular weight excluding hydrogens is 203 g/mol. The Morgan fingerprint density at radius 3 is 2.56 bits per heavy atom. The van der Waals surface area contributed by atoms with E-state index in [4.69, 9.17) is 0 Å². The van der Waals surface area contributed by atoms with Gasteiger partial charge in [0.25, 0.3) is 0 Å². The Labute approximate surface area is 96.3 Å². The monoisotopic (exact) mass is 222 g/mol. The molecule has 1 aliphatic carbocycles. The van der Waals surface area contributed by atoms with E-state index in [-0.39, 0.29) is 17.3 Å². The first kappa shape index (κ1) is 11.6. The van der Waals surface area contributed by atoms with Crippen LogP contribution in [0.5, 0.6) is 0 Å². The van der Waals surface area contributed by atoms with Crippen LogP contribution in [0.1, 0.15) is 44.6 Å². The van der Waals surface area contributed by atoms with Crippen molar-refractivity contribution < 1.29 is 9.50 Å². The predicted molar refractivity (Wildman–Crippen MR) is 62.8 cm³/mol. The fourth-order valence-electron chi connectivity index (χ4n) is 3.17. The lowest BCUT2D eigenvalue weighted by Crippen LogP contribution is -2.50. The average Bonchev–Trinajstić information content (AvgIpc) is 2.27. The number of halogens is 1. The summed E-state index contributed by atoms with van der Waals surface area (Å²) in [7, 11) is 0. The summed E-state index contributed by atoms with van der Waals surface area (Å²) in [6.45, 7) is 4.22. The highest BCUT2D eigenvalue weighted by atomic mass is 19.1. The van der Waals surface area contributed by atoms with Crippen molar-refractivity contribution in [2.24, 2.45) is 5.41 Å². The van der Waals surface area contributed by atoms with Crippen LogP contribution >= 0.6 is 0 Å². The summed E-state index contributed by atoms with van der Waals surface area (Å²) in [5, 5.41) is 9.97. The summed E-state index contributed by atoms with van der Waals surface area (Å²) in [6, 6.07) is 6.81. The molecule has 0 amide bonds. The molecule has 0 radical (unpaired) electrons. The van der Waals surface area contributed by atoms with E-state index in [0.29, 0.717) is 5.92 Å². The first-order chi connectivity index (χ1) is 7.64. The molecule has 1 saturated carbocycles. The molecule has 0 saturated heterocycles. The third kappa shape index (κ3) is 1.56. The van der Waals surface area contributed by atoms with E-state index in [9.17, 15) is 9.50 Å². The van der Waals surface area contributed by atoms with E-state index < -0.39 is 0 Å². The zero-order chi connectivity index (χ0) is 11.8. The van der Waals surface area contributed by atoms with Crippen LogP contribution in [0.15, 0.2) is 24.3 Å². The molecule has 2 rings (SSSR count). The number of aliphatic hydroxyl groups is 1. The van der Waals surface area contributed by atoms with Crippen molar-refractivity contribution in [1.29, 1.82) is 0 Å². The van der Waals surface area contributed by atoms with Gasteiger partial charge in [-0.05, 0) is 42.9 Å². The van der Waals surface area contributed by atoms with Gasteiger partial charge in [-0.25, -0.2) is 4.39 Å². The minimum Gasteiger partial charge on any atom is -0.393 e. The molecule has 0 aliphatic heterocycles. The van der Waals surface area contributed by atoms with Crippen LogP contribution in [0.2, 0.25) is 0 Å². The fourth-order valence-corrected chi connectivity index (χ4v) is 3.17. The van der Waals surface area contributed by atoms with Crippen LogP contribution in [0.4, 0.5) is 4.39 Å². The Morgan fingerprint density at radius 2 is 2.06 bits per heavy atom. The highest BCUT2D eigenvalue weighted by Gasteiger charge is 2.52. The van der Waals surface area contributed by atoms with E-state index in [2.05, 4.69) is 13.8 Å². The topological polar surface area (TPSA) is 20.2 Å². The number of hydrogen-bond acceptors (Lipinski definition) is 1. The second kappa shape index (κ2) is 4.17. The van der Waals surface area contributed by atoms with Gasteiger partial charge in [0.05, 0.1) is 6.10 Å². The normalized spacial score (nSPS) is 27.5. The van der Waals surface area contributed by atoms with E-state index in [1.165, 1.54) is 6.07 Å². The Morgan fingerprint density at radius 1 is 1.38 bits per heavy atom. The van der Waals surface area contributed by atoms with E-state index >= 15 is 0 Å². The number of benzene rings is 1. The largest absolute Gasteiger partial charge is 0.393 e. The lowest BCUT2D eigenvalue weighted by molar-refractivity contribution is -0.0932. The lowest BCUT2D eigenvalue weighted by atomic mass is 9.53. The first-order valence-corrected chi connectivity index (χ1v) is 6.07. The zero-order valence-electron chi connectivity index (χ0n) is 9.91.